The molecule has 0 amide bonds. The van der Waals surface area contributed by atoms with Crippen LogP contribution < -0.4 is 5.32 Å². The first kappa shape index (κ1) is 14.0. The monoisotopic (exact) mass is 277 g/mol. The molecule has 0 unspecified atom stereocenters. The summed E-state index contributed by atoms with van der Waals surface area (Å²) in [5, 5.41) is 3.81. The van der Waals surface area contributed by atoms with Gasteiger partial charge >= 0.3 is 0 Å². The van der Waals surface area contributed by atoms with E-state index in [4.69, 9.17) is 11.6 Å². The minimum absolute atomic E-state index is 0.314. The average Bonchev–Trinajstić information content (AvgIpc) is 2.36. The maximum Gasteiger partial charge on any atom is 0.124 e. The van der Waals surface area contributed by atoms with Crippen molar-refractivity contribution in [2.45, 2.75) is 26.4 Å². The van der Waals surface area contributed by atoms with Gasteiger partial charge in [-0.2, -0.15) is 0 Å². The van der Waals surface area contributed by atoms with Crippen LogP contribution in [0.15, 0.2) is 42.5 Å². The molecule has 1 N–H and O–H groups in total. The summed E-state index contributed by atoms with van der Waals surface area (Å²) < 4.78 is 13.1. The minimum atomic E-state index is -0.314. The van der Waals surface area contributed by atoms with Crippen molar-refractivity contribution < 1.29 is 4.39 Å². The highest BCUT2D eigenvalue weighted by Gasteiger charge is 2.05. The van der Waals surface area contributed by atoms with E-state index in [-0.39, 0.29) is 5.82 Å². The number of benzene rings is 2. The van der Waals surface area contributed by atoms with E-state index in [0.29, 0.717) is 11.1 Å². The third-order valence-corrected chi connectivity index (χ3v) is 3.20. The van der Waals surface area contributed by atoms with Gasteiger partial charge in [0.05, 0.1) is 5.02 Å². The third kappa shape index (κ3) is 3.79. The van der Waals surface area contributed by atoms with Crippen molar-refractivity contribution in [1.82, 2.24) is 5.32 Å². The van der Waals surface area contributed by atoms with E-state index in [2.05, 4.69) is 31.3 Å². The van der Waals surface area contributed by atoms with Gasteiger partial charge in [0.2, 0.25) is 0 Å². The molecule has 0 saturated heterocycles. The van der Waals surface area contributed by atoms with Gasteiger partial charge in [-0.25, -0.2) is 4.39 Å². The van der Waals surface area contributed by atoms with E-state index in [9.17, 15) is 4.39 Å². The van der Waals surface area contributed by atoms with Crippen LogP contribution in [0.25, 0.3) is 11.1 Å². The Morgan fingerprint density at radius 1 is 1.16 bits per heavy atom. The molecule has 0 aromatic heterocycles. The lowest BCUT2D eigenvalue weighted by atomic mass is 10.0. The molecule has 0 spiro atoms. The van der Waals surface area contributed by atoms with Crippen LogP contribution in [-0.4, -0.2) is 6.04 Å². The van der Waals surface area contributed by atoms with E-state index in [1.54, 1.807) is 6.07 Å². The zero-order chi connectivity index (χ0) is 13.8. The Hall–Kier alpha value is -1.38. The SMILES string of the molecule is CC(C)NCc1cccc(-c2ccc(F)cc2Cl)c1. The van der Waals surface area contributed by atoms with E-state index in [1.165, 1.54) is 17.7 Å². The molecular weight excluding hydrogens is 261 g/mol. The fourth-order valence-corrected chi connectivity index (χ4v) is 2.17. The second-order valence-corrected chi connectivity index (χ2v) is 5.27. The molecule has 2 aromatic carbocycles. The van der Waals surface area contributed by atoms with Crippen LogP contribution in [0.1, 0.15) is 19.4 Å². The van der Waals surface area contributed by atoms with Crippen molar-refractivity contribution in [2.24, 2.45) is 0 Å². The first-order chi connectivity index (χ1) is 9.06. The summed E-state index contributed by atoms with van der Waals surface area (Å²) in [6.45, 7) is 5.03. The Morgan fingerprint density at radius 3 is 2.63 bits per heavy atom. The Balaban J connectivity index is 2.27. The highest BCUT2D eigenvalue weighted by molar-refractivity contribution is 6.33. The predicted octanol–water partition coefficient (Wildman–Crippen LogP) is 4.64. The van der Waals surface area contributed by atoms with Gasteiger partial charge in [0.1, 0.15) is 5.82 Å². The van der Waals surface area contributed by atoms with Crippen molar-refractivity contribution >= 4 is 11.6 Å². The standard InChI is InChI=1S/C16H17ClFN/c1-11(2)19-10-12-4-3-5-13(8-12)15-7-6-14(18)9-16(15)17/h3-9,11,19H,10H2,1-2H3. The molecule has 0 saturated carbocycles. The molecule has 0 aliphatic rings. The van der Waals surface area contributed by atoms with Crippen LogP contribution in [0.3, 0.4) is 0 Å². The van der Waals surface area contributed by atoms with E-state index in [1.807, 2.05) is 12.1 Å². The van der Waals surface area contributed by atoms with E-state index < -0.39 is 0 Å². The second-order valence-electron chi connectivity index (χ2n) is 4.86. The molecule has 1 nitrogen and oxygen atoms in total. The molecule has 0 radical (unpaired) electrons. The van der Waals surface area contributed by atoms with Gasteiger partial charge in [-0.3, -0.25) is 0 Å². The maximum absolute atomic E-state index is 13.1. The van der Waals surface area contributed by atoms with Crippen molar-refractivity contribution in [2.75, 3.05) is 0 Å². The lowest BCUT2D eigenvalue weighted by molar-refractivity contribution is 0.589. The van der Waals surface area contributed by atoms with E-state index in [0.717, 1.165) is 17.7 Å². The zero-order valence-electron chi connectivity index (χ0n) is 11.1. The number of halogens is 2. The first-order valence-electron chi connectivity index (χ1n) is 6.34. The molecule has 3 heteroatoms. The van der Waals surface area contributed by atoms with Crippen molar-refractivity contribution in [3.05, 3.63) is 58.9 Å². The van der Waals surface area contributed by atoms with Gasteiger partial charge in [0, 0.05) is 18.2 Å². The molecular formula is C16H17ClFN. The topological polar surface area (TPSA) is 12.0 Å². The summed E-state index contributed by atoms with van der Waals surface area (Å²) >= 11 is 6.09. The normalized spacial score (nSPS) is 11.0. The smallest absolute Gasteiger partial charge is 0.124 e. The average molecular weight is 278 g/mol. The van der Waals surface area contributed by atoms with Crippen LogP contribution in [0.4, 0.5) is 4.39 Å². The Kier molecular flexibility index (Phi) is 4.56. The molecule has 0 bridgehead atoms. The van der Waals surface area contributed by atoms with Crippen molar-refractivity contribution in [3.63, 3.8) is 0 Å². The largest absolute Gasteiger partial charge is 0.310 e. The molecule has 0 atom stereocenters. The Morgan fingerprint density at radius 2 is 1.95 bits per heavy atom. The highest BCUT2D eigenvalue weighted by atomic mass is 35.5. The summed E-state index contributed by atoms with van der Waals surface area (Å²) in [7, 11) is 0. The molecule has 2 rings (SSSR count). The van der Waals surface area contributed by atoms with Crippen LogP contribution in [-0.2, 0) is 6.54 Å². The zero-order valence-corrected chi connectivity index (χ0v) is 11.8. The molecule has 2 aromatic rings. The lowest BCUT2D eigenvalue weighted by Crippen LogP contribution is -2.21. The lowest BCUT2D eigenvalue weighted by Gasteiger charge is -2.10. The molecule has 0 fully saturated rings. The Bertz CT molecular complexity index is 566. The molecule has 0 aliphatic carbocycles. The quantitative estimate of drug-likeness (QED) is 0.858. The fraction of sp³-hybridized carbons (Fsp3) is 0.250. The second kappa shape index (κ2) is 6.18. The number of rotatable bonds is 4. The molecule has 100 valence electrons. The number of hydrogen-bond acceptors (Lipinski definition) is 1. The third-order valence-electron chi connectivity index (χ3n) is 2.88. The van der Waals surface area contributed by atoms with Crippen LogP contribution in [0, 0.1) is 5.82 Å². The number of hydrogen-bond donors (Lipinski definition) is 1. The summed E-state index contributed by atoms with van der Waals surface area (Å²) in [4.78, 5) is 0. The summed E-state index contributed by atoms with van der Waals surface area (Å²) in [6.07, 6.45) is 0. The van der Waals surface area contributed by atoms with Crippen molar-refractivity contribution in [1.29, 1.82) is 0 Å². The van der Waals surface area contributed by atoms with Crippen LogP contribution in [0.2, 0.25) is 5.02 Å². The van der Waals surface area contributed by atoms with Gasteiger partial charge in [0.25, 0.3) is 0 Å². The summed E-state index contributed by atoms with van der Waals surface area (Å²) in [5.74, 6) is -0.314. The van der Waals surface area contributed by atoms with Gasteiger partial charge in [-0.05, 0) is 35.4 Å². The van der Waals surface area contributed by atoms with Gasteiger partial charge in [-0.15, -0.1) is 0 Å². The fourth-order valence-electron chi connectivity index (χ4n) is 1.89. The predicted molar refractivity (Wildman–Crippen MR) is 78.8 cm³/mol. The molecule has 0 heterocycles. The Labute approximate surface area is 118 Å². The minimum Gasteiger partial charge on any atom is -0.310 e. The molecule has 0 aliphatic heterocycles. The van der Waals surface area contributed by atoms with Gasteiger partial charge in [0.15, 0.2) is 0 Å². The molecule has 19 heavy (non-hydrogen) atoms. The van der Waals surface area contributed by atoms with Gasteiger partial charge in [-0.1, -0.05) is 43.6 Å². The number of nitrogens with one attached hydrogen (secondary N) is 1. The maximum atomic E-state index is 13.1. The van der Waals surface area contributed by atoms with Crippen LogP contribution >= 0.6 is 11.6 Å². The van der Waals surface area contributed by atoms with Crippen molar-refractivity contribution in [3.8, 4) is 11.1 Å². The summed E-state index contributed by atoms with van der Waals surface area (Å²) in [5.41, 5.74) is 3.05. The highest BCUT2D eigenvalue weighted by Crippen LogP contribution is 2.28. The first-order valence-corrected chi connectivity index (χ1v) is 6.72. The summed E-state index contributed by atoms with van der Waals surface area (Å²) in [6, 6.07) is 13.1. The van der Waals surface area contributed by atoms with Gasteiger partial charge < -0.3 is 5.32 Å². The van der Waals surface area contributed by atoms with E-state index >= 15 is 0 Å². The van der Waals surface area contributed by atoms with Crippen LogP contribution in [0.5, 0.6) is 0 Å².